The van der Waals surface area contributed by atoms with Crippen molar-refractivity contribution < 1.29 is 32.6 Å². The Hall–Kier alpha value is -2.88. The Labute approximate surface area is 151 Å². The van der Waals surface area contributed by atoms with Gasteiger partial charge in [0.25, 0.3) is 5.91 Å². The van der Waals surface area contributed by atoms with Crippen molar-refractivity contribution in [3.05, 3.63) is 47.3 Å². The van der Waals surface area contributed by atoms with E-state index in [1.54, 1.807) is 19.1 Å². The molecule has 1 fully saturated rings. The number of amides is 1. The molecule has 0 saturated carbocycles. The molecule has 0 spiro atoms. The first-order chi connectivity index (χ1) is 12.7. The Morgan fingerprint density at radius 1 is 1.26 bits per heavy atom. The van der Waals surface area contributed by atoms with Crippen LogP contribution in [0.25, 0.3) is 5.69 Å². The standard InChI is InChI=1S/C17H16F3N3O4/c1-10-2-4-11(5-3-10)23-14(17(18,19)20)12(8-21-23)15(24)22-6-7-27-13(9-22)16(25)26/h2-5,8,13H,6-7,9H2,1H3,(H,25,26)/t13-/m1/s1. The van der Waals surface area contributed by atoms with E-state index in [0.717, 1.165) is 16.7 Å². The molecule has 3 rings (SSSR count). The number of alkyl halides is 3. The molecule has 0 radical (unpaired) electrons. The van der Waals surface area contributed by atoms with Crippen molar-refractivity contribution in [2.75, 3.05) is 19.7 Å². The first-order valence-corrected chi connectivity index (χ1v) is 8.04. The van der Waals surface area contributed by atoms with Crippen LogP contribution in [0, 0.1) is 6.92 Å². The van der Waals surface area contributed by atoms with Crippen molar-refractivity contribution in [2.24, 2.45) is 0 Å². The highest BCUT2D eigenvalue weighted by Gasteiger charge is 2.42. The van der Waals surface area contributed by atoms with Gasteiger partial charge in [0.2, 0.25) is 0 Å². The van der Waals surface area contributed by atoms with Crippen LogP contribution in [0.15, 0.2) is 30.5 Å². The second-order valence-corrected chi connectivity index (χ2v) is 6.10. The van der Waals surface area contributed by atoms with Crippen molar-refractivity contribution >= 4 is 11.9 Å². The van der Waals surface area contributed by atoms with Gasteiger partial charge in [0.15, 0.2) is 11.8 Å². The van der Waals surface area contributed by atoms with E-state index in [9.17, 15) is 22.8 Å². The van der Waals surface area contributed by atoms with Crippen LogP contribution in [0.4, 0.5) is 13.2 Å². The summed E-state index contributed by atoms with van der Waals surface area (Å²) in [6, 6.07) is 6.22. The summed E-state index contributed by atoms with van der Waals surface area (Å²) in [6.45, 7) is 1.39. The molecular formula is C17H16F3N3O4. The lowest BCUT2D eigenvalue weighted by Crippen LogP contribution is -2.48. The number of carbonyl (C=O) groups excluding carboxylic acids is 1. The number of nitrogens with zero attached hydrogens (tertiary/aromatic N) is 3. The van der Waals surface area contributed by atoms with Gasteiger partial charge in [-0.05, 0) is 19.1 Å². The van der Waals surface area contributed by atoms with Crippen LogP contribution in [-0.2, 0) is 15.7 Å². The number of aromatic nitrogens is 2. The molecule has 0 bridgehead atoms. The minimum absolute atomic E-state index is 0.00434. The largest absolute Gasteiger partial charge is 0.479 e. The number of benzene rings is 1. The highest BCUT2D eigenvalue weighted by atomic mass is 19.4. The molecule has 0 unspecified atom stereocenters. The van der Waals surface area contributed by atoms with Gasteiger partial charge in [-0.15, -0.1) is 0 Å². The summed E-state index contributed by atoms with van der Waals surface area (Å²) < 4.78 is 46.7. The predicted octanol–water partition coefficient (Wildman–Crippen LogP) is 2.13. The van der Waals surface area contributed by atoms with Gasteiger partial charge in [0, 0.05) is 6.54 Å². The molecule has 1 N–H and O–H groups in total. The number of halogens is 3. The maximum atomic E-state index is 13.7. The van der Waals surface area contributed by atoms with E-state index in [1.807, 2.05) is 0 Å². The van der Waals surface area contributed by atoms with Gasteiger partial charge >= 0.3 is 12.1 Å². The molecule has 2 aromatic rings. The van der Waals surface area contributed by atoms with Gasteiger partial charge in [-0.3, -0.25) is 4.79 Å². The van der Waals surface area contributed by atoms with Crippen LogP contribution in [-0.4, -0.2) is 57.5 Å². The van der Waals surface area contributed by atoms with Crippen LogP contribution >= 0.6 is 0 Å². The Morgan fingerprint density at radius 3 is 2.52 bits per heavy atom. The number of carboxylic acid groups (broad SMARTS) is 1. The second kappa shape index (κ2) is 7.03. The van der Waals surface area contributed by atoms with Crippen molar-refractivity contribution in [1.29, 1.82) is 0 Å². The fourth-order valence-corrected chi connectivity index (χ4v) is 2.81. The van der Waals surface area contributed by atoms with Gasteiger partial charge in [-0.2, -0.15) is 18.3 Å². The first-order valence-electron chi connectivity index (χ1n) is 8.04. The second-order valence-electron chi connectivity index (χ2n) is 6.10. The van der Waals surface area contributed by atoms with E-state index in [2.05, 4.69) is 5.10 Å². The number of rotatable bonds is 3. The van der Waals surface area contributed by atoms with Gasteiger partial charge in [0.05, 0.1) is 30.6 Å². The summed E-state index contributed by atoms with van der Waals surface area (Å²) in [5.74, 6) is -2.21. The van der Waals surface area contributed by atoms with E-state index in [0.29, 0.717) is 4.68 Å². The minimum Gasteiger partial charge on any atom is -0.479 e. The highest BCUT2D eigenvalue weighted by molar-refractivity contribution is 5.96. The average Bonchev–Trinajstić information content (AvgIpc) is 3.07. The van der Waals surface area contributed by atoms with Gasteiger partial charge in [0.1, 0.15) is 0 Å². The van der Waals surface area contributed by atoms with Crippen molar-refractivity contribution in [3.8, 4) is 5.69 Å². The van der Waals surface area contributed by atoms with Crippen molar-refractivity contribution in [1.82, 2.24) is 14.7 Å². The van der Waals surface area contributed by atoms with Crippen molar-refractivity contribution in [3.63, 3.8) is 0 Å². The number of carboxylic acids is 1. The average molecular weight is 383 g/mol. The van der Waals surface area contributed by atoms with Crippen LogP contribution in [0.3, 0.4) is 0 Å². The third-order valence-electron chi connectivity index (χ3n) is 4.18. The van der Waals surface area contributed by atoms with Crippen LogP contribution in [0.5, 0.6) is 0 Å². The molecule has 10 heteroatoms. The van der Waals surface area contributed by atoms with E-state index in [4.69, 9.17) is 9.84 Å². The highest BCUT2D eigenvalue weighted by Crippen LogP contribution is 2.34. The third kappa shape index (κ3) is 3.80. The van der Waals surface area contributed by atoms with Crippen molar-refractivity contribution in [2.45, 2.75) is 19.2 Å². The zero-order valence-corrected chi connectivity index (χ0v) is 14.2. The summed E-state index contributed by atoms with van der Waals surface area (Å²) in [6.07, 6.45) is -5.25. The van der Waals surface area contributed by atoms with E-state index in [-0.39, 0.29) is 25.4 Å². The minimum atomic E-state index is -4.83. The molecule has 1 aliphatic rings. The predicted molar refractivity (Wildman–Crippen MR) is 86.6 cm³/mol. The normalized spacial score (nSPS) is 17.8. The first kappa shape index (κ1) is 18.9. The summed E-state index contributed by atoms with van der Waals surface area (Å²) in [5, 5.41) is 12.8. The van der Waals surface area contributed by atoms with Gasteiger partial charge < -0.3 is 14.7 Å². The Balaban J connectivity index is 1.99. The topological polar surface area (TPSA) is 84.7 Å². The fourth-order valence-electron chi connectivity index (χ4n) is 2.81. The molecule has 0 aliphatic carbocycles. The number of hydrogen-bond acceptors (Lipinski definition) is 4. The molecule has 27 heavy (non-hydrogen) atoms. The Morgan fingerprint density at radius 2 is 1.93 bits per heavy atom. The summed E-state index contributed by atoms with van der Waals surface area (Å²) in [7, 11) is 0. The number of aryl methyl sites for hydroxylation is 1. The zero-order valence-electron chi connectivity index (χ0n) is 14.2. The molecule has 1 aromatic carbocycles. The third-order valence-corrected chi connectivity index (χ3v) is 4.18. The summed E-state index contributed by atoms with van der Waals surface area (Å²) in [4.78, 5) is 24.7. The maximum absolute atomic E-state index is 13.7. The lowest BCUT2D eigenvalue weighted by molar-refractivity contribution is -0.154. The molecule has 1 aromatic heterocycles. The lowest BCUT2D eigenvalue weighted by Gasteiger charge is -2.31. The summed E-state index contributed by atoms with van der Waals surface area (Å²) in [5.41, 5.74) is -0.801. The van der Waals surface area contributed by atoms with E-state index in [1.165, 1.54) is 12.1 Å². The van der Waals surface area contributed by atoms with Crippen LogP contribution < -0.4 is 0 Å². The van der Waals surface area contributed by atoms with Gasteiger partial charge in [-0.25, -0.2) is 9.48 Å². The molecule has 2 heterocycles. The lowest BCUT2D eigenvalue weighted by atomic mass is 10.1. The zero-order chi connectivity index (χ0) is 19.8. The molecule has 7 nitrogen and oxygen atoms in total. The molecular weight excluding hydrogens is 367 g/mol. The van der Waals surface area contributed by atoms with Crippen LogP contribution in [0.1, 0.15) is 21.6 Å². The molecule has 144 valence electrons. The number of morpholine rings is 1. The van der Waals surface area contributed by atoms with Crippen LogP contribution in [0.2, 0.25) is 0 Å². The molecule has 1 aliphatic heterocycles. The molecule has 1 atom stereocenters. The smallest absolute Gasteiger partial charge is 0.434 e. The number of aliphatic carboxylic acids is 1. The maximum Gasteiger partial charge on any atom is 0.434 e. The number of ether oxygens (including phenoxy) is 1. The van der Waals surface area contributed by atoms with E-state index < -0.39 is 35.4 Å². The SMILES string of the molecule is Cc1ccc(-n2ncc(C(=O)N3CCO[C@@H](C(=O)O)C3)c2C(F)(F)F)cc1. The quantitative estimate of drug-likeness (QED) is 0.878. The monoisotopic (exact) mass is 383 g/mol. The summed E-state index contributed by atoms with van der Waals surface area (Å²) >= 11 is 0. The number of carbonyl (C=O) groups is 2. The molecule has 1 saturated heterocycles. The van der Waals surface area contributed by atoms with E-state index >= 15 is 0 Å². The molecule has 1 amide bonds. The number of hydrogen-bond donors (Lipinski definition) is 1. The Bertz CT molecular complexity index is 861. The Kier molecular flexibility index (Phi) is 4.92. The fraction of sp³-hybridized carbons (Fsp3) is 0.353. The van der Waals surface area contributed by atoms with Gasteiger partial charge in [-0.1, -0.05) is 17.7 Å².